The molecule has 3 aromatic rings. The number of furan rings is 1. The number of amides is 1. The van der Waals surface area contributed by atoms with E-state index < -0.39 is 10.0 Å². The Labute approximate surface area is 182 Å². The monoisotopic (exact) mass is 442 g/mol. The highest BCUT2D eigenvalue weighted by molar-refractivity contribution is 7.89. The zero-order valence-electron chi connectivity index (χ0n) is 17.5. The van der Waals surface area contributed by atoms with E-state index in [4.69, 9.17) is 9.15 Å². The van der Waals surface area contributed by atoms with Crippen molar-refractivity contribution in [2.24, 2.45) is 0 Å². The first-order chi connectivity index (χ1) is 15.0. The molecule has 1 aromatic heterocycles. The molecule has 164 valence electrons. The second-order valence-electron chi connectivity index (χ2n) is 7.69. The zero-order chi connectivity index (χ0) is 21.8. The number of fused-ring (bicyclic) bond motifs is 1. The Hall–Kier alpha value is -2.84. The van der Waals surface area contributed by atoms with Crippen LogP contribution in [-0.2, 0) is 27.8 Å². The summed E-state index contributed by atoms with van der Waals surface area (Å²) < 4.78 is 38.0. The lowest BCUT2D eigenvalue weighted by molar-refractivity contribution is -0.120. The molecule has 1 saturated heterocycles. The summed E-state index contributed by atoms with van der Waals surface area (Å²) in [6.45, 7) is 1.38. The van der Waals surface area contributed by atoms with Gasteiger partial charge in [-0.25, -0.2) is 8.42 Å². The summed E-state index contributed by atoms with van der Waals surface area (Å²) in [5, 5.41) is 3.74. The lowest BCUT2D eigenvalue weighted by Crippen LogP contribution is -2.35. The van der Waals surface area contributed by atoms with Crippen LogP contribution in [0.5, 0.6) is 5.75 Å². The number of hydrogen-bond acceptors (Lipinski definition) is 5. The number of ether oxygens (including phenoxy) is 1. The summed E-state index contributed by atoms with van der Waals surface area (Å²) in [5.74, 6) is 0.528. The number of carbonyl (C=O) groups is 1. The summed E-state index contributed by atoms with van der Waals surface area (Å²) in [6.07, 6.45) is 4.60. The molecule has 0 radical (unpaired) electrons. The number of rotatable bonds is 7. The van der Waals surface area contributed by atoms with Crippen LogP contribution in [0.3, 0.4) is 0 Å². The molecule has 1 N–H and O–H groups in total. The SMILES string of the molecule is COc1ccc2c(CC(=O)NCc3cccc(S(=O)(=O)N4CCCCC4)c3)coc2c1. The summed E-state index contributed by atoms with van der Waals surface area (Å²) in [6, 6.07) is 12.3. The van der Waals surface area contributed by atoms with E-state index in [-0.39, 0.29) is 23.8 Å². The average molecular weight is 443 g/mol. The molecule has 0 atom stereocenters. The average Bonchev–Trinajstić information content (AvgIpc) is 3.20. The lowest BCUT2D eigenvalue weighted by Gasteiger charge is -2.26. The Kier molecular flexibility index (Phi) is 6.29. The van der Waals surface area contributed by atoms with Crippen LogP contribution in [0.2, 0.25) is 0 Å². The van der Waals surface area contributed by atoms with Gasteiger partial charge in [-0.15, -0.1) is 0 Å². The minimum atomic E-state index is -3.50. The van der Waals surface area contributed by atoms with Gasteiger partial charge in [0.1, 0.15) is 11.3 Å². The molecule has 4 rings (SSSR count). The van der Waals surface area contributed by atoms with Crippen molar-refractivity contribution in [3.63, 3.8) is 0 Å². The van der Waals surface area contributed by atoms with Gasteiger partial charge >= 0.3 is 0 Å². The molecular formula is C23H26N2O5S. The third kappa shape index (κ3) is 4.75. The molecule has 7 nitrogen and oxygen atoms in total. The largest absolute Gasteiger partial charge is 0.497 e. The molecule has 31 heavy (non-hydrogen) atoms. The van der Waals surface area contributed by atoms with Crippen LogP contribution >= 0.6 is 0 Å². The van der Waals surface area contributed by atoms with E-state index in [0.717, 1.165) is 35.8 Å². The van der Waals surface area contributed by atoms with Gasteiger partial charge in [-0.05, 0) is 42.7 Å². The lowest BCUT2D eigenvalue weighted by atomic mass is 10.1. The van der Waals surface area contributed by atoms with Gasteiger partial charge in [0.05, 0.1) is 24.7 Å². The van der Waals surface area contributed by atoms with Crippen molar-refractivity contribution in [3.8, 4) is 5.75 Å². The van der Waals surface area contributed by atoms with E-state index in [2.05, 4.69) is 5.32 Å². The van der Waals surface area contributed by atoms with Crippen molar-refractivity contribution >= 4 is 26.9 Å². The van der Waals surface area contributed by atoms with Gasteiger partial charge in [0.2, 0.25) is 15.9 Å². The summed E-state index contributed by atoms with van der Waals surface area (Å²) in [7, 11) is -1.91. The normalized spacial score (nSPS) is 15.1. The minimum absolute atomic E-state index is 0.164. The van der Waals surface area contributed by atoms with Crippen molar-refractivity contribution < 1.29 is 22.4 Å². The third-order valence-corrected chi connectivity index (χ3v) is 7.45. The van der Waals surface area contributed by atoms with Gasteiger partial charge in [-0.3, -0.25) is 4.79 Å². The number of nitrogens with zero attached hydrogens (tertiary/aromatic N) is 1. The second kappa shape index (κ2) is 9.11. The number of benzene rings is 2. The first-order valence-electron chi connectivity index (χ1n) is 10.4. The van der Waals surface area contributed by atoms with Crippen molar-refractivity contribution in [2.45, 2.75) is 37.1 Å². The van der Waals surface area contributed by atoms with Crippen LogP contribution in [0.1, 0.15) is 30.4 Å². The highest BCUT2D eigenvalue weighted by Gasteiger charge is 2.26. The Morgan fingerprint density at radius 3 is 2.71 bits per heavy atom. The Balaban J connectivity index is 1.40. The Morgan fingerprint density at radius 2 is 1.94 bits per heavy atom. The maximum Gasteiger partial charge on any atom is 0.243 e. The molecule has 1 fully saturated rings. The molecule has 2 heterocycles. The zero-order valence-corrected chi connectivity index (χ0v) is 18.3. The van der Waals surface area contributed by atoms with Gasteiger partial charge in [-0.1, -0.05) is 18.6 Å². The van der Waals surface area contributed by atoms with Gasteiger partial charge in [0, 0.05) is 36.7 Å². The van der Waals surface area contributed by atoms with Crippen molar-refractivity contribution in [1.82, 2.24) is 9.62 Å². The van der Waals surface area contributed by atoms with Gasteiger partial charge in [0.15, 0.2) is 0 Å². The van der Waals surface area contributed by atoms with Crippen LogP contribution < -0.4 is 10.1 Å². The predicted molar refractivity (Wildman–Crippen MR) is 117 cm³/mol. The Bertz CT molecular complexity index is 1180. The topological polar surface area (TPSA) is 88.8 Å². The van der Waals surface area contributed by atoms with E-state index in [1.165, 1.54) is 0 Å². The fraction of sp³-hybridized carbons (Fsp3) is 0.348. The van der Waals surface area contributed by atoms with Crippen LogP contribution in [0.4, 0.5) is 0 Å². The van der Waals surface area contributed by atoms with Gasteiger partial charge in [0.25, 0.3) is 0 Å². The highest BCUT2D eigenvalue weighted by Crippen LogP contribution is 2.26. The molecule has 1 aliphatic rings. The number of carbonyl (C=O) groups excluding carboxylic acids is 1. The van der Waals surface area contributed by atoms with E-state index in [9.17, 15) is 13.2 Å². The number of piperidine rings is 1. The number of sulfonamides is 1. The molecule has 1 aliphatic heterocycles. The molecule has 0 unspecified atom stereocenters. The fourth-order valence-electron chi connectivity index (χ4n) is 3.83. The number of methoxy groups -OCH3 is 1. The molecule has 0 aliphatic carbocycles. The Morgan fingerprint density at radius 1 is 1.13 bits per heavy atom. The van der Waals surface area contributed by atoms with Gasteiger partial charge in [-0.2, -0.15) is 4.31 Å². The van der Waals surface area contributed by atoms with E-state index in [1.807, 2.05) is 18.2 Å². The van der Waals surface area contributed by atoms with Gasteiger partial charge < -0.3 is 14.5 Å². The molecule has 0 bridgehead atoms. The first-order valence-corrected chi connectivity index (χ1v) is 11.8. The quantitative estimate of drug-likeness (QED) is 0.605. The second-order valence-corrected chi connectivity index (χ2v) is 9.63. The summed E-state index contributed by atoms with van der Waals surface area (Å²) in [4.78, 5) is 12.7. The molecule has 0 spiro atoms. The maximum absolute atomic E-state index is 12.9. The van der Waals surface area contributed by atoms with Crippen LogP contribution in [0.15, 0.2) is 58.0 Å². The number of nitrogens with one attached hydrogen (secondary N) is 1. The maximum atomic E-state index is 12.9. The third-order valence-electron chi connectivity index (χ3n) is 5.55. The molecule has 1 amide bonds. The van der Waals surface area contributed by atoms with E-state index >= 15 is 0 Å². The minimum Gasteiger partial charge on any atom is -0.497 e. The fourth-order valence-corrected chi connectivity index (χ4v) is 5.42. The first kappa shape index (κ1) is 21.4. The van der Waals surface area contributed by atoms with Crippen molar-refractivity contribution in [2.75, 3.05) is 20.2 Å². The van der Waals surface area contributed by atoms with Crippen LogP contribution in [-0.4, -0.2) is 38.8 Å². The van der Waals surface area contributed by atoms with E-state index in [1.54, 1.807) is 41.9 Å². The summed E-state index contributed by atoms with van der Waals surface area (Å²) in [5.41, 5.74) is 2.20. The van der Waals surface area contributed by atoms with E-state index in [0.29, 0.717) is 24.4 Å². The molecule has 8 heteroatoms. The molecule has 0 saturated carbocycles. The molecule has 2 aromatic carbocycles. The van der Waals surface area contributed by atoms with Crippen molar-refractivity contribution in [3.05, 3.63) is 59.9 Å². The standard InChI is InChI=1S/C23H26N2O5S/c1-29-19-8-9-21-18(16-30-22(21)14-19)13-23(26)24-15-17-6-5-7-20(12-17)31(27,28)25-10-3-2-4-11-25/h5-9,12,14,16H,2-4,10-11,13,15H2,1H3,(H,24,26). The predicted octanol–water partition coefficient (Wildman–Crippen LogP) is 3.47. The smallest absolute Gasteiger partial charge is 0.243 e. The highest BCUT2D eigenvalue weighted by atomic mass is 32.2. The van der Waals surface area contributed by atoms with Crippen LogP contribution in [0.25, 0.3) is 11.0 Å². The van der Waals surface area contributed by atoms with Crippen LogP contribution in [0, 0.1) is 0 Å². The molecular weight excluding hydrogens is 416 g/mol. The van der Waals surface area contributed by atoms with Crippen molar-refractivity contribution in [1.29, 1.82) is 0 Å². The number of hydrogen-bond donors (Lipinski definition) is 1. The summed E-state index contributed by atoms with van der Waals surface area (Å²) >= 11 is 0.